The van der Waals surface area contributed by atoms with E-state index in [0.717, 1.165) is 29.5 Å². The van der Waals surface area contributed by atoms with Gasteiger partial charge in [-0.1, -0.05) is 0 Å². The third-order valence-corrected chi connectivity index (χ3v) is 3.47. The average molecular weight is 254 g/mol. The molecule has 1 N–H and O–H groups in total. The predicted octanol–water partition coefficient (Wildman–Crippen LogP) is 2.60. The third-order valence-electron chi connectivity index (χ3n) is 3.47. The van der Waals surface area contributed by atoms with Crippen molar-refractivity contribution in [3.63, 3.8) is 0 Å². The lowest BCUT2D eigenvalue weighted by atomic mass is 10.1. The summed E-state index contributed by atoms with van der Waals surface area (Å²) in [4.78, 5) is 13.2. The summed E-state index contributed by atoms with van der Waals surface area (Å²) >= 11 is 0. The highest BCUT2D eigenvalue weighted by molar-refractivity contribution is 5.58. The van der Waals surface area contributed by atoms with Gasteiger partial charge in [0.05, 0.1) is 5.69 Å². The quantitative estimate of drug-likeness (QED) is 0.891. The lowest BCUT2D eigenvalue weighted by molar-refractivity contribution is 0.539. The number of hydrogen-bond donors (Lipinski definition) is 1. The molecule has 0 saturated heterocycles. The van der Waals surface area contributed by atoms with Crippen LogP contribution in [-0.4, -0.2) is 21.5 Å². The Morgan fingerprint density at radius 3 is 2.63 bits per heavy atom. The van der Waals surface area contributed by atoms with Gasteiger partial charge in [-0.25, -0.2) is 9.97 Å². The van der Waals surface area contributed by atoms with Crippen LogP contribution in [0.4, 0.5) is 0 Å². The minimum Gasteiger partial charge on any atom is -0.309 e. The summed E-state index contributed by atoms with van der Waals surface area (Å²) in [6.07, 6.45) is 8.08. The molecule has 1 aliphatic carbocycles. The summed E-state index contributed by atoms with van der Waals surface area (Å²) < 4.78 is 0. The molecule has 0 amide bonds. The number of nitrogens with one attached hydrogen (secondary N) is 1. The summed E-state index contributed by atoms with van der Waals surface area (Å²) in [5.74, 6) is 1.60. The van der Waals surface area contributed by atoms with Gasteiger partial charge in [0.25, 0.3) is 0 Å². The molecule has 4 nitrogen and oxygen atoms in total. The second-order valence-corrected chi connectivity index (χ2v) is 5.08. The van der Waals surface area contributed by atoms with Gasteiger partial charge in [0.1, 0.15) is 0 Å². The van der Waals surface area contributed by atoms with Gasteiger partial charge in [0.2, 0.25) is 0 Å². The predicted molar refractivity (Wildman–Crippen MR) is 74.4 cm³/mol. The van der Waals surface area contributed by atoms with E-state index in [-0.39, 0.29) is 6.04 Å². The van der Waals surface area contributed by atoms with E-state index in [4.69, 9.17) is 0 Å². The number of nitrogens with zero attached hydrogens (tertiary/aromatic N) is 3. The second-order valence-electron chi connectivity index (χ2n) is 5.08. The van der Waals surface area contributed by atoms with Gasteiger partial charge in [-0.05, 0) is 50.4 Å². The molecule has 2 aromatic rings. The molecule has 0 spiro atoms. The molecule has 0 bridgehead atoms. The van der Waals surface area contributed by atoms with E-state index < -0.39 is 0 Å². The van der Waals surface area contributed by atoms with Crippen LogP contribution in [-0.2, 0) is 0 Å². The van der Waals surface area contributed by atoms with E-state index in [0.29, 0.717) is 0 Å². The zero-order valence-corrected chi connectivity index (χ0v) is 11.1. The fourth-order valence-electron chi connectivity index (χ4n) is 2.15. The van der Waals surface area contributed by atoms with E-state index in [9.17, 15) is 0 Å². The van der Waals surface area contributed by atoms with Crippen molar-refractivity contribution in [2.45, 2.75) is 25.8 Å². The van der Waals surface area contributed by atoms with Gasteiger partial charge < -0.3 is 5.32 Å². The molecule has 0 aromatic carbocycles. The Morgan fingerprint density at radius 2 is 1.89 bits per heavy atom. The lowest BCUT2D eigenvalue weighted by Gasteiger charge is -2.16. The maximum Gasteiger partial charge on any atom is 0.161 e. The van der Waals surface area contributed by atoms with Crippen LogP contribution in [0.5, 0.6) is 0 Å². The first-order valence-electron chi connectivity index (χ1n) is 6.80. The molecule has 4 heteroatoms. The topological polar surface area (TPSA) is 50.7 Å². The molecule has 0 aliphatic heterocycles. The number of hydrogen-bond acceptors (Lipinski definition) is 4. The van der Waals surface area contributed by atoms with Crippen molar-refractivity contribution in [1.29, 1.82) is 0 Å². The van der Waals surface area contributed by atoms with E-state index in [1.807, 2.05) is 24.4 Å². The largest absolute Gasteiger partial charge is 0.309 e. The van der Waals surface area contributed by atoms with Crippen molar-refractivity contribution in [1.82, 2.24) is 20.3 Å². The van der Waals surface area contributed by atoms with Crippen LogP contribution in [0, 0.1) is 5.92 Å². The fourth-order valence-corrected chi connectivity index (χ4v) is 2.15. The Hall–Kier alpha value is -1.81. The van der Waals surface area contributed by atoms with Crippen molar-refractivity contribution in [3.8, 4) is 11.4 Å². The number of pyridine rings is 1. The van der Waals surface area contributed by atoms with Crippen LogP contribution in [0.3, 0.4) is 0 Å². The zero-order valence-electron chi connectivity index (χ0n) is 11.1. The lowest BCUT2D eigenvalue weighted by Crippen LogP contribution is -2.22. The fraction of sp³-hybridized carbons (Fsp3) is 0.400. The summed E-state index contributed by atoms with van der Waals surface area (Å²) in [7, 11) is 0. The Morgan fingerprint density at radius 1 is 1.16 bits per heavy atom. The minimum atomic E-state index is 0.223. The Bertz CT molecular complexity index is 537. The van der Waals surface area contributed by atoms with Crippen LogP contribution < -0.4 is 5.32 Å². The Kier molecular flexibility index (Phi) is 3.51. The second kappa shape index (κ2) is 5.45. The molecule has 3 rings (SSSR count). The highest BCUT2D eigenvalue weighted by Crippen LogP contribution is 2.29. The molecular formula is C15H18N4. The van der Waals surface area contributed by atoms with Crippen molar-refractivity contribution in [2.24, 2.45) is 5.92 Å². The van der Waals surface area contributed by atoms with Crippen LogP contribution in [0.25, 0.3) is 11.4 Å². The summed E-state index contributed by atoms with van der Waals surface area (Å²) in [5, 5.41) is 3.55. The molecule has 1 fully saturated rings. The highest BCUT2D eigenvalue weighted by atomic mass is 14.9. The van der Waals surface area contributed by atoms with Gasteiger partial charge in [0.15, 0.2) is 5.82 Å². The van der Waals surface area contributed by atoms with Gasteiger partial charge in [-0.3, -0.25) is 4.98 Å². The normalized spacial score (nSPS) is 16.3. The molecule has 1 unspecified atom stereocenters. The van der Waals surface area contributed by atoms with Gasteiger partial charge in [0, 0.05) is 30.2 Å². The van der Waals surface area contributed by atoms with E-state index >= 15 is 0 Å². The van der Waals surface area contributed by atoms with Crippen LogP contribution in [0.2, 0.25) is 0 Å². The van der Waals surface area contributed by atoms with Crippen LogP contribution >= 0.6 is 0 Å². The van der Waals surface area contributed by atoms with Crippen molar-refractivity contribution >= 4 is 0 Å². The van der Waals surface area contributed by atoms with Crippen molar-refractivity contribution in [2.75, 3.05) is 6.54 Å². The summed E-state index contributed by atoms with van der Waals surface area (Å²) in [5.41, 5.74) is 2.04. The Balaban J connectivity index is 1.83. The molecule has 1 aliphatic rings. The first-order chi connectivity index (χ1) is 9.34. The van der Waals surface area contributed by atoms with Gasteiger partial charge >= 0.3 is 0 Å². The molecular weight excluding hydrogens is 236 g/mol. The standard InChI is InChI=1S/C15H18N4/c1-11(19-10-12-5-6-12)14-13(4-2-7-16-14)15-17-8-3-9-18-15/h2-4,7-9,11-12,19H,5-6,10H2,1H3. The van der Waals surface area contributed by atoms with Crippen molar-refractivity contribution < 1.29 is 0 Å². The Labute approximate surface area is 113 Å². The highest BCUT2D eigenvalue weighted by Gasteiger charge is 2.22. The molecule has 98 valence electrons. The average Bonchev–Trinajstić information content (AvgIpc) is 3.30. The number of aromatic nitrogens is 3. The third kappa shape index (κ3) is 2.96. The van der Waals surface area contributed by atoms with E-state index in [2.05, 4.69) is 27.2 Å². The molecule has 2 aromatic heterocycles. The number of rotatable bonds is 5. The summed E-state index contributed by atoms with van der Waals surface area (Å²) in [6.45, 7) is 3.23. The maximum absolute atomic E-state index is 4.51. The molecule has 2 heterocycles. The zero-order chi connectivity index (χ0) is 13.1. The summed E-state index contributed by atoms with van der Waals surface area (Å²) in [6, 6.07) is 6.02. The van der Waals surface area contributed by atoms with Crippen LogP contribution in [0.15, 0.2) is 36.8 Å². The SMILES string of the molecule is CC(NCC1CC1)c1ncccc1-c1ncccn1. The van der Waals surface area contributed by atoms with Gasteiger partial charge in [-0.2, -0.15) is 0 Å². The first kappa shape index (κ1) is 12.2. The molecule has 0 radical (unpaired) electrons. The molecule has 1 saturated carbocycles. The van der Waals surface area contributed by atoms with E-state index in [1.165, 1.54) is 12.8 Å². The van der Waals surface area contributed by atoms with Crippen LogP contribution in [0.1, 0.15) is 31.5 Å². The molecule has 19 heavy (non-hydrogen) atoms. The maximum atomic E-state index is 4.51. The molecule has 1 atom stereocenters. The first-order valence-corrected chi connectivity index (χ1v) is 6.80. The smallest absolute Gasteiger partial charge is 0.161 e. The van der Waals surface area contributed by atoms with Gasteiger partial charge in [-0.15, -0.1) is 0 Å². The monoisotopic (exact) mass is 254 g/mol. The minimum absolute atomic E-state index is 0.223. The van der Waals surface area contributed by atoms with E-state index in [1.54, 1.807) is 12.4 Å². The van der Waals surface area contributed by atoms with Crippen molar-refractivity contribution in [3.05, 3.63) is 42.5 Å².